The molecule has 4 saturated carbocycles. The molecule has 4 unspecified atom stereocenters. The fourth-order valence-corrected chi connectivity index (χ4v) is 4.08. The van der Waals surface area contributed by atoms with Crippen LogP contribution in [0.5, 0.6) is 0 Å². The van der Waals surface area contributed by atoms with E-state index >= 15 is 0 Å². The maximum Gasteiger partial charge on any atom is -0.0165 e. The lowest BCUT2D eigenvalue weighted by atomic mass is 10.00. The zero-order chi connectivity index (χ0) is 5.59. The van der Waals surface area contributed by atoms with E-state index < -0.39 is 0 Å². The Morgan fingerprint density at radius 3 is 1.89 bits per heavy atom. The highest BCUT2D eigenvalue weighted by molar-refractivity contribution is 5.32. The third-order valence-electron chi connectivity index (χ3n) is 4.27. The van der Waals surface area contributed by atoms with E-state index in [0.29, 0.717) is 0 Å². The van der Waals surface area contributed by atoms with Gasteiger partial charge < -0.3 is 0 Å². The first-order valence-electron chi connectivity index (χ1n) is 4.15. The van der Waals surface area contributed by atoms with Crippen LogP contribution in [-0.4, -0.2) is 0 Å². The summed E-state index contributed by atoms with van der Waals surface area (Å²) in [6.07, 6.45) is 6.60. The second kappa shape index (κ2) is 0.817. The van der Waals surface area contributed by atoms with Crippen molar-refractivity contribution in [3.8, 4) is 0 Å². The number of hydrogen-bond acceptors (Lipinski definition) is 0. The van der Waals surface area contributed by atoms with Gasteiger partial charge in [0.1, 0.15) is 0 Å². The molecular weight excluding hydrogens is 108 g/mol. The first-order valence-corrected chi connectivity index (χ1v) is 4.15. The Labute approximate surface area is 54.9 Å². The van der Waals surface area contributed by atoms with Crippen LogP contribution in [0.15, 0.2) is 12.2 Å². The minimum absolute atomic E-state index is 1.07. The average molecular weight is 118 g/mol. The molecule has 0 spiro atoms. The summed E-state index contributed by atoms with van der Waals surface area (Å²) in [6.45, 7) is 0. The van der Waals surface area contributed by atoms with Crippen LogP contribution < -0.4 is 0 Å². The van der Waals surface area contributed by atoms with Crippen LogP contribution in [0.3, 0.4) is 0 Å². The van der Waals surface area contributed by atoms with Gasteiger partial charge in [-0.25, -0.2) is 0 Å². The summed E-state index contributed by atoms with van der Waals surface area (Å²) in [5.41, 5.74) is 0. The van der Waals surface area contributed by atoms with Crippen molar-refractivity contribution in [3.05, 3.63) is 12.2 Å². The molecule has 6 bridgehead atoms. The molecule has 0 heteroatoms. The van der Waals surface area contributed by atoms with E-state index in [9.17, 15) is 0 Å². The Balaban J connectivity index is 2.08. The fraction of sp³-hybridized carbons (Fsp3) is 0.778. The van der Waals surface area contributed by atoms with E-state index in [1.54, 1.807) is 6.42 Å². The first kappa shape index (κ1) is 3.80. The van der Waals surface area contributed by atoms with Gasteiger partial charge in [0.15, 0.2) is 0 Å². The summed E-state index contributed by atoms with van der Waals surface area (Å²) < 4.78 is 0. The molecule has 4 atom stereocenters. The Hall–Kier alpha value is -0.260. The van der Waals surface area contributed by atoms with E-state index in [1.807, 2.05) is 0 Å². The molecule has 0 aromatic heterocycles. The minimum Gasteiger partial charge on any atom is -0.0845 e. The molecule has 0 aromatic rings. The standard InChI is InChI=1S/C9H10/c1-2-5-6-3-7-8(4(1)6)9(5)7/h1-2,4-9H,3H2. The van der Waals surface area contributed by atoms with Crippen molar-refractivity contribution in [2.75, 3.05) is 0 Å². The van der Waals surface area contributed by atoms with Crippen LogP contribution in [-0.2, 0) is 0 Å². The monoisotopic (exact) mass is 118 g/mol. The van der Waals surface area contributed by atoms with Gasteiger partial charge in [-0.3, -0.25) is 0 Å². The van der Waals surface area contributed by atoms with Crippen molar-refractivity contribution < 1.29 is 0 Å². The van der Waals surface area contributed by atoms with Crippen molar-refractivity contribution in [2.24, 2.45) is 35.5 Å². The van der Waals surface area contributed by atoms with Gasteiger partial charge in [-0.15, -0.1) is 0 Å². The van der Waals surface area contributed by atoms with Gasteiger partial charge in [0.05, 0.1) is 0 Å². The molecular formula is C9H10. The molecule has 0 amide bonds. The lowest BCUT2D eigenvalue weighted by Crippen LogP contribution is -1.99. The summed E-state index contributed by atoms with van der Waals surface area (Å²) in [5.74, 6) is 6.90. The molecule has 0 radical (unpaired) electrons. The van der Waals surface area contributed by atoms with E-state index in [4.69, 9.17) is 0 Å². The summed E-state index contributed by atoms with van der Waals surface area (Å²) in [7, 11) is 0. The SMILES string of the molecule is C1=CC2C3CC4C(C13)C24. The molecule has 9 heavy (non-hydrogen) atoms. The van der Waals surface area contributed by atoms with Gasteiger partial charge in [0, 0.05) is 0 Å². The third-order valence-corrected chi connectivity index (χ3v) is 4.27. The number of rotatable bonds is 0. The minimum atomic E-state index is 1.07. The van der Waals surface area contributed by atoms with Crippen molar-refractivity contribution in [1.82, 2.24) is 0 Å². The molecule has 5 aliphatic rings. The highest BCUT2D eigenvalue weighted by Gasteiger charge is 2.73. The predicted octanol–water partition coefficient (Wildman–Crippen LogP) is 1.68. The Morgan fingerprint density at radius 1 is 0.889 bits per heavy atom. The average Bonchev–Trinajstić information content (AvgIpc) is 2.35. The fourth-order valence-electron chi connectivity index (χ4n) is 4.08. The molecule has 0 heterocycles. The van der Waals surface area contributed by atoms with E-state index in [0.717, 1.165) is 17.8 Å². The zero-order valence-corrected chi connectivity index (χ0v) is 5.33. The van der Waals surface area contributed by atoms with Gasteiger partial charge in [0.25, 0.3) is 0 Å². The molecule has 0 aliphatic heterocycles. The maximum absolute atomic E-state index is 2.50. The Bertz CT molecular complexity index is 196. The summed E-state index contributed by atoms with van der Waals surface area (Å²) in [5, 5.41) is 0. The second-order valence-corrected chi connectivity index (χ2v) is 4.26. The topological polar surface area (TPSA) is 0 Å². The van der Waals surface area contributed by atoms with Gasteiger partial charge in [0.2, 0.25) is 0 Å². The van der Waals surface area contributed by atoms with Crippen molar-refractivity contribution in [3.63, 3.8) is 0 Å². The van der Waals surface area contributed by atoms with Crippen LogP contribution >= 0.6 is 0 Å². The Morgan fingerprint density at radius 2 is 1.56 bits per heavy atom. The lowest BCUT2D eigenvalue weighted by Gasteiger charge is -2.04. The highest BCUT2D eigenvalue weighted by atomic mass is 14.8. The van der Waals surface area contributed by atoms with Gasteiger partial charge >= 0.3 is 0 Å². The maximum atomic E-state index is 2.50. The van der Waals surface area contributed by atoms with Crippen molar-refractivity contribution in [2.45, 2.75) is 6.42 Å². The van der Waals surface area contributed by atoms with Crippen LogP contribution in [0, 0.1) is 35.5 Å². The number of hydrogen-bond donors (Lipinski definition) is 0. The highest BCUT2D eigenvalue weighted by Crippen LogP contribution is 2.78. The van der Waals surface area contributed by atoms with E-state index in [1.165, 1.54) is 17.8 Å². The summed E-state index contributed by atoms with van der Waals surface area (Å²) in [6, 6.07) is 0. The van der Waals surface area contributed by atoms with Gasteiger partial charge in [-0.1, -0.05) is 12.2 Å². The Kier molecular flexibility index (Phi) is 0.345. The molecule has 5 aliphatic carbocycles. The molecule has 0 nitrogen and oxygen atoms in total. The number of allylic oxidation sites excluding steroid dienone is 2. The second-order valence-electron chi connectivity index (χ2n) is 4.26. The molecule has 4 fully saturated rings. The van der Waals surface area contributed by atoms with E-state index in [-0.39, 0.29) is 0 Å². The van der Waals surface area contributed by atoms with Crippen molar-refractivity contribution >= 4 is 0 Å². The predicted molar refractivity (Wildman–Crippen MR) is 34.7 cm³/mol. The zero-order valence-electron chi connectivity index (χ0n) is 5.33. The van der Waals surface area contributed by atoms with Crippen molar-refractivity contribution in [1.29, 1.82) is 0 Å². The largest absolute Gasteiger partial charge is 0.0845 e. The van der Waals surface area contributed by atoms with Crippen LogP contribution in [0.4, 0.5) is 0 Å². The molecule has 0 aromatic carbocycles. The van der Waals surface area contributed by atoms with Gasteiger partial charge in [-0.05, 0) is 41.9 Å². The quantitative estimate of drug-likeness (QED) is 0.424. The molecule has 5 rings (SSSR count). The van der Waals surface area contributed by atoms with Crippen LogP contribution in [0.2, 0.25) is 0 Å². The third kappa shape index (κ3) is 0.211. The normalized spacial score (nSPS) is 78.2. The molecule has 46 valence electrons. The lowest BCUT2D eigenvalue weighted by molar-refractivity contribution is 0.471. The molecule has 0 saturated heterocycles. The van der Waals surface area contributed by atoms with Gasteiger partial charge in [-0.2, -0.15) is 0 Å². The van der Waals surface area contributed by atoms with Crippen LogP contribution in [0.25, 0.3) is 0 Å². The summed E-state index contributed by atoms with van der Waals surface area (Å²) in [4.78, 5) is 0. The van der Waals surface area contributed by atoms with Crippen LogP contribution in [0.1, 0.15) is 6.42 Å². The first-order chi connectivity index (χ1) is 4.47. The molecule has 0 N–H and O–H groups in total. The smallest absolute Gasteiger partial charge is 0.0165 e. The summed E-state index contributed by atoms with van der Waals surface area (Å²) >= 11 is 0. The van der Waals surface area contributed by atoms with E-state index in [2.05, 4.69) is 12.2 Å².